The highest BCUT2D eigenvalue weighted by Crippen LogP contribution is 1.93. The Morgan fingerprint density at radius 3 is 2.93 bits per heavy atom. The maximum atomic E-state index is 11.3. The van der Waals surface area contributed by atoms with E-state index in [-0.39, 0.29) is 6.03 Å². The fourth-order valence-corrected chi connectivity index (χ4v) is 1.00. The van der Waals surface area contributed by atoms with Crippen molar-refractivity contribution in [1.29, 1.82) is 0 Å². The minimum Gasteiger partial charge on any atom is -0.332 e. The van der Waals surface area contributed by atoms with E-state index in [0.717, 1.165) is 5.69 Å². The zero-order valence-corrected chi connectivity index (χ0v) is 8.82. The molecule has 1 N–H and O–H groups in total. The van der Waals surface area contributed by atoms with Gasteiger partial charge in [-0.3, -0.25) is 4.68 Å². The number of rotatable bonds is 3. The molecular weight excluding hydrogens is 180 g/mol. The standard InChI is InChI=1S/C9H16N4O/c1-4-12(2)9(14)10-7-8-5-6-13(3)11-8/h5-6H,4,7H2,1-3H3,(H,10,14). The second kappa shape index (κ2) is 4.64. The number of amides is 2. The second-order valence-electron chi connectivity index (χ2n) is 3.15. The number of nitrogens with one attached hydrogen (secondary N) is 1. The van der Waals surface area contributed by atoms with Crippen molar-refractivity contribution in [3.8, 4) is 0 Å². The van der Waals surface area contributed by atoms with E-state index in [9.17, 15) is 4.79 Å². The molecule has 0 aliphatic heterocycles. The van der Waals surface area contributed by atoms with Crippen LogP contribution < -0.4 is 5.32 Å². The van der Waals surface area contributed by atoms with E-state index in [2.05, 4.69) is 10.4 Å². The van der Waals surface area contributed by atoms with Crippen LogP contribution in [-0.2, 0) is 13.6 Å². The lowest BCUT2D eigenvalue weighted by atomic mass is 10.4. The molecule has 1 rings (SSSR count). The predicted octanol–water partition coefficient (Wildman–Crippen LogP) is 0.581. The van der Waals surface area contributed by atoms with Gasteiger partial charge in [-0.05, 0) is 13.0 Å². The number of carbonyl (C=O) groups is 1. The molecule has 5 nitrogen and oxygen atoms in total. The average molecular weight is 196 g/mol. The lowest BCUT2D eigenvalue weighted by Gasteiger charge is -2.14. The Kier molecular flexibility index (Phi) is 3.50. The summed E-state index contributed by atoms with van der Waals surface area (Å²) in [5.74, 6) is 0. The molecule has 0 aliphatic carbocycles. The van der Waals surface area contributed by atoms with Crippen LogP contribution in [0, 0.1) is 0 Å². The minimum atomic E-state index is -0.0712. The van der Waals surface area contributed by atoms with Gasteiger partial charge < -0.3 is 10.2 Å². The van der Waals surface area contributed by atoms with Gasteiger partial charge in [-0.2, -0.15) is 5.10 Å². The highest BCUT2D eigenvalue weighted by Gasteiger charge is 2.05. The quantitative estimate of drug-likeness (QED) is 0.768. The first-order chi connectivity index (χ1) is 6.63. The zero-order valence-electron chi connectivity index (χ0n) is 8.82. The van der Waals surface area contributed by atoms with Gasteiger partial charge in [0.05, 0.1) is 12.2 Å². The fraction of sp³-hybridized carbons (Fsp3) is 0.556. The first-order valence-electron chi connectivity index (χ1n) is 4.61. The number of urea groups is 1. The third-order valence-electron chi connectivity index (χ3n) is 2.01. The summed E-state index contributed by atoms with van der Waals surface area (Å²) in [6.07, 6.45) is 1.85. The van der Waals surface area contributed by atoms with Crippen LogP contribution in [0.15, 0.2) is 12.3 Å². The number of aromatic nitrogens is 2. The van der Waals surface area contributed by atoms with Gasteiger partial charge in [0.15, 0.2) is 0 Å². The Bertz CT molecular complexity index is 308. The van der Waals surface area contributed by atoms with Crippen LogP contribution >= 0.6 is 0 Å². The van der Waals surface area contributed by atoms with Gasteiger partial charge in [0.25, 0.3) is 0 Å². The lowest BCUT2D eigenvalue weighted by molar-refractivity contribution is 0.210. The Labute approximate surface area is 83.7 Å². The van der Waals surface area contributed by atoms with Crippen LogP contribution in [0.3, 0.4) is 0 Å². The smallest absolute Gasteiger partial charge is 0.317 e. The molecule has 5 heteroatoms. The Morgan fingerprint density at radius 2 is 2.43 bits per heavy atom. The molecule has 1 aromatic heterocycles. The van der Waals surface area contributed by atoms with E-state index in [1.54, 1.807) is 16.6 Å². The summed E-state index contributed by atoms with van der Waals surface area (Å²) in [6, 6.07) is 1.81. The van der Waals surface area contributed by atoms with E-state index in [1.807, 2.05) is 26.2 Å². The van der Waals surface area contributed by atoms with Gasteiger partial charge in [0.1, 0.15) is 0 Å². The summed E-state index contributed by atoms with van der Waals surface area (Å²) < 4.78 is 1.71. The number of hydrogen-bond donors (Lipinski definition) is 1. The third kappa shape index (κ3) is 2.76. The number of hydrogen-bond acceptors (Lipinski definition) is 2. The van der Waals surface area contributed by atoms with E-state index < -0.39 is 0 Å². The molecule has 0 unspecified atom stereocenters. The number of carbonyl (C=O) groups excluding carboxylic acids is 1. The summed E-state index contributed by atoms with van der Waals surface area (Å²) in [6.45, 7) is 3.11. The topological polar surface area (TPSA) is 50.2 Å². The molecule has 0 saturated carbocycles. The van der Waals surface area contributed by atoms with Crippen molar-refractivity contribution in [3.05, 3.63) is 18.0 Å². The lowest BCUT2D eigenvalue weighted by Crippen LogP contribution is -2.36. The maximum Gasteiger partial charge on any atom is 0.317 e. The Balaban J connectivity index is 2.37. The highest BCUT2D eigenvalue weighted by atomic mass is 16.2. The molecule has 78 valence electrons. The molecule has 0 radical (unpaired) electrons. The Hall–Kier alpha value is -1.52. The van der Waals surface area contributed by atoms with E-state index >= 15 is 0 Å². The van der Waals surface area contributed by atoms with Gasteiger partial charge in [0, 0.05) is 26.8 Å². The van der Waals surface area contributed by atoms with E-state index in [4.69, 9.17) is 0 Å². The largest absolute Gasteiger partial charge is 0.332 e. The average Bonchev–Trinajstić information content (AvgIpc) is 2.59. The molecule has 1 heterocycles. The number of nitrogens with zero attached hydrogens (tertiary/aromatic N) is 3. The van der Waals surface area contributed by atoms with Crippen molar-refractivity contribution in [2.75, 3.05) is 13.6 Å². The maximum absolute atomic E-state index is 11.3. The second-order valence-corrected chi connectivity index (χ2v) is 3.15. The summed E-state index contributed by atoms with van der Waals surface area (Å²) in [5.41, 5.74) is 0.866. The predicted molar refractivity (Wildman–Crippen MR) is 53.7 cm³/mol. The molecule has 0 aromatic carbocycles. The van der Waals surface area contributed by atoms with Gasteiger partial charge >= 0.3 is 6.03 Å². The van der Waals surface area contributed by atoms with Gasteiger partial charge in [-0.1, -0.05) is 0 Å². The molecule has 14 heavy (non-hydrogen) atoms. The summed E-state index contributed by atoms with van der Waals surface area (Å²) in [5, 5.41) is 6.93. The van der Waals surface area contributed by atoms with E-state index in [0.29, 0.717) is 13.1 Å². The summed E-state index contributed by atoms with van der Waals surface area (Å²) >= 11 is 0. The normalized spacial score (nSPS) is 9.93. The van der Waals surface area contributed by atoms with Gasteiger partial charge in [-0.25, -0.2) is 4.79 Å². The van der Waals surface area contributed by atoms with Crippen molar-refractivity contribution in [2.45, 2.75) is 13.5 Å². The molecule has 0 bridgehead atoms. The van der Waals surface area contributed by atoms with Gasteiger partial charge in [0.2, 0.25) is 0 Å². The fourth-order valence-electron chi connectivity index (χ4n) is 1.00. The third-order valence-corrected chi connectivity index (χ3v) is 2.01. The molecule has 0 saturated heterocycles. The van der Waals surface area contributed by atoms with Crippen LogP contribution in [0.1, 0.15) is 12.6 Å². The molecule has 0 fully saturated rings. The van der Waals surface area contributed by atoms with Crippen LogP contribution in [-0.4, -0.2) is 34.3 Å². The van der Waals surface area contributed by atoms with Crippen LogP contribution in [0.25, 0.3) is 0 Å². The highest BCUT2D eigenvalue weighted by molar-refractivity contribution is 5.73. The molecule has 1 aromatic rings. The Morgan fingerprint density at radius 1 is 1.71 bits per heavy atom. The zero-order chi connectivity index (χ0) is 10.6. The minimum absolute atomic E-state index is 0.0712. The molecular formula is C9H16N4O. The van der Waals surface area contributed by atoms with Gasteiger partial charge in [-0.15, -0.1) is 0 Å². The first kappa shape index (κ1) is 10.6. The van der Waals surface area contributed by atoms with Crippen LogP contribution in [0.4, 0.5) is 4.79 Å². The number of aryl methyl sites for hydroxylation is 1. The van der Waals surface area contributed by atoms with Crippen molar-refractivity contribution >= 4 is 6.03 Å². The van der Waals surface area contributed by atoms with Crippen molar-refractivity contribution in [1.82, 2.24) is 20.0 Å². The van der Waals surface area contributed by atoms with E-state index in [1.165, 1.54) is 0 Å². The van der Waals surface area contributed by atoms with Crippen molar-refractivity contribution in [3.63, 3.8) is 0 Å². The molecule has 2 amide bonds. The molecule has 0 spiro atoms. The van der Waals surface area contributed by atoms with Crippen molar-refractivity contribution < 1.29 is 4.79 Å². The SMILES string of the molecule is CCN(C)C(=O)NCc1ccn(C)n1. The first-order valence-corrected chi connectivity index (χ1v) is 4.61. The van der Waals surface area contributed by atoms with Crippen molar-refractivity contribution in [2.24, 2.45) is 7.05 Å². The summed E-state index contributed by atoms with van der Waals surface area (Å²) in [7, 11) is 3.61. The van der Waals surface area contributed by atoms with Crippen LogP contribution in [0.5, 0.6) is 0 Å². The monoisotopic (exact) mass is 196 g/mol. The van der Waals surface area contributed by atoms with Crippen LogP contribution in [0.2, 0.25) is 0 Å². The molecule has 0 aliphatic rings. The molecule has 0 atom stereocenters. The summed E-state index contributed by atoms with van der Waals surface area (Å²) in [4.78, 5) is 12.9.